The summed E-state index contributed by atoms with van der Waals surface area (Å²) < 4.78 is 30.9. The van der Waals surface area contributed by atoms with E-state index in [4.69, 9.17) is 4.55 Å². The number of halogens is 1. The first-order chi connectivity index (χ1) is 9.12. The molecule has 0 saturated heterocycles. The van der Waals surface area contributed by atoms with Crippen molar-refractivity contribution in [2.24, 2.45) is 5.41 Å². The van der Waals surface area contributed by atoms with Gasteiger partial charge in [-0.1, -0.05) is 48.3 Å². The summed E-state index contributed by atoms with van der Waals surface area (Å²) in [6.45, 7) is 3.90. The minimum absolute atomic E-state index is 0.226. The van der Waals surface area contributed by atoms with Crippen molar-refractivity contribution in [3.05, 3.63) is 34.3 Å². The van der Waals surface area contributed by atoms with Gasteiger partial charge in [-0.15, -0.1) is 0 Å². The maximum Gasteiger partial charge on any atom is 0.264 e. The molecule has 0 saturated carbocycles. The number of hydrogen-bond acceptors (Lipinski definition) is 3. The Kier molecular flexibility index (Phi) is 6.19. The summed E-state index contributed by atoms with van der Waals surface area (Å²) in [5.74, 6) is -0.226. The first-order valence-corrected chi connectivity index (χ1v) is 8.91. The van der Waals surface area contributed by atoms with Crippen molar-refractivity contribution < 1.29 is 18.1 Å². The maximum atomic E-state index is 10.6. The fourth-order valence-electron chi connectivity index (χ4n) is 2.13. The van der Waals surface area contributed by atoms with E-state index in [1.165, 1.54) is 0 Å². The van der Waals surface area contributed by atoms with Crippen molar-refractivity contribution in [2.45, 2.75) is 39.2 Å². The van der Waals surface area contributed by atoms with Crippen LogP contribution in [0.4, 0.5) is 0 Å². The largest absolute Gasteiger partial charge is 0.388 e. The van der Waals surface area contributed by atoms with Gasteiger partial charge in [0.2, 0.25) is 0 Å². The van der Waals surface area contributed by atoms with Crippen LogP contribution in [0.3, 0.4) is 0 Å². The number of hydrogen-bond donors (Lipinski definition) is 2. The molecule has 6 heteroatoms. The maximum absolute atomic E-state index is 10.6. The van der Waals surface area contributed by atoms with E-state index in [0.717, 1.165) is 10.0 Å². The molecule has 20 heavy (non-hydrogen) atoms. The zero-order valence-electron chi connectivity index (χ0n) is 11.7. The molecule has 1 unspecified atom stereocenters. The summed E-state index contributed by atoms with van der Waals surface area (Å²) in [5.41, 5.74) is 0.471. The fourth-order valence-corrected chi connectivity index (χ4v) is 3.12. The Balaban J connectivity index is 2.59. The lowest BCUT2D eigenvalue weighted by atomic mass is 9.78. The minimum Gasteiger partial charge on any atom is -0.388 e. The Morgan fingerprint density at radius 1 is 1.30 bits per heavy atom. The van der Waals surface area contributed by atoms with E-state index in [-0.39, 0.29) is 11.2 Å². The summed E-state index contributed by atoms with van der Waals surface area (Å²) in [6, 6.07) is 7.52. The highest BCUT2D eigenvalue weighted by atomic mass is 79.9. The van der Waals surface area contributed by atoms with Gasteiger partial charge in [-0.3, -0.25) is 4.55 Å². The van der Waals surface area contributed by atoms with Gasteiger partial charge in [-0.05, 0) is 36.0 Å². The van der Waals surface area contributed by atoms with Crippen molar-refractivity contribution in [2.75, 3.05) is 5.75 Å². The minimum atomic E-state index is -3.89. The van der Waals surface area contributed by atoms with E-state index >= 15 is 0 Å². The number of aliphatic hydroxyl groups excluding tert-OH is 1. The first kappa shape index (κ1) is 17.6. The average molecular weight is 365 g/mol. The third-order valence-corrected chi connectivity index (χ3v) is 4.68. The highest BCUT2D eigenvalue weighted by Crippen LogP contribution is 2.38. The van der Waals surface area contributed by atoms with E-state index in [0.29, 0.717) is 19.3 Å². The number of unbranched alkanes of at least 4 members (excludes halogenated alkanes) is 1. The molecule has 0 aliphatic rings. The standard InChI is InChI=1S/C14H21BrO4S/c1-14(2,8-3-4-9-20(17,18)19)13(16)11-6-5-7-12(15)10-11/h5-7,10,13,16H,3-4,8-9H2,1-2H3,(H,17,18,19). The zero-order valence-corrected chi connectivity index (χ0v) is 14.1. The lowest BCUT2D eigenvalue weighted by Crippen LogP contribution is -2.22. The van der Waals surface area contributed by atoms with Crippen LogP contribution in [0, 0.1) is 5.41 Å². The highest BCUT2D eigenvalue weighted by molar-refractivity contribution is 9.10. The molecule has 0 radical (unpaired) electrons. The molecule has 0 bridgehead atoms. The van der Waals surface area contributed by atoms with Crippen molar-refractivity contribution in [3.8, 4) is 0 Å². The molecule has 1 atom stereocenters. The van der Waals surface area contributed by atoms with Crippen molar-refractivity contribution in [1.82, 2.24) is 0 Å². The second kappa shape index (κ2) is 7.02. The highest BCUT2D eigenvalue weighted by Gasteiger charge is 2.28. The van der Waals surface area contributed by atoms with Gasteiger partial charge in [0.1, 0.15) is 0 Å². The van der Waals surface area contributed by atoms with Crippen molar-refractivity contribution in [1.29, 1.82) is 0 Å². The average Bonchev–Trinajstić information content (AvgIpc) is 2.32. The summed E-state index contributed by atoms with van der Waals surface area (Å²) >= 11 is 3.38. The van der Waals surface area contributed by atoms with Gasteiger partial charge in [0.25, 0.3) is 10.1 Å². The molecular weight excluding hydrogens is 344 g/mol. The molecule has 0 aliphatic carbocycles. The summed E-state index contributed by atoms with van der Waals surface area (Å²) in [6.07, 6.45) is 1.09. The van der Waals surface area contributed by atoms with E-state index in [1.807, 2.05) is 38.1 Å². The van der Waals surface area contributed by atoms with Gasteiger partial charge in [0, 0.05) is 4.47 Å². The van der Waals surface area contributed by atoms with Gasteiger partial charge in [-0.25, -0.2) is 0 Å². The SMILES string of the molecule is CC(C)(CCCCS(=O)(=O)O)C(O)c1cccc(Br)c1. The Labute approximate surface area is 129 Å². The molecule has 0 spiro atoms. The Morgan fingerprint density at radius 2 is 1.95 bits per heavy atom. The van der Waals surface area contributed by atoms with Gasteiger partial charge in [-0.2, -0.15) is 8.42 Å². The monoisotopic (exact) mass is 364 g/mol. The molecule has 114 valence electrons. The quantitative estimate of drug-likeness (QED) is 0.572. The third-order valence-electron chi connectivity index (χ3n) is 3.38. The summed E-state index contributed by atoms with van der Waals surface area (Å²) in [5, 5.41) is 10.4. The molecule has 0 fully saturated rings. The van der Waals surface area contributed by atoms with Crippen LogP contribution in [0.1, 0.15) is 44.8 Å². The van der Waals surface area contributed by atoms with Crippen LogP contribution in [0.5, 0.6) is 0 Å². The fraction of sp³-hybridized carbons (Fsp3) is 0.571. The van der Waals surface area contributed by atoms with Crippen LogP contribution < -0.4 is 0 Å². The molecule has 0 amide bonds. The van der Waals surface area contributed by atoms with Crippen LogP contribution >= 0.6 is 15.9 Å². The summed E-state index contributed by atoms with van der Waals surface area (Å²) in [7, 11) is -3.89. The molecule has 2 N–H and O–H groups in total. The Morgan fingerprint density at radius 3 is 2.50 bits per heavy atom. The Hall–Kier alpha value is -0.430. The van der Waals surface area contributed by atoms with Crippen LogP contribution in [0.15, 0.2) is 28.7 Å². The number of benzene rings is 1. The van der Waals surface area contributed by atoms with E-state index in [2.05, 4.69) is 15.9 Å². The van der Waals surface area contributed by atoms with Crippen molar-refractivity contribution in [3.63, 3.8) is 0 Å². The second-order valence-corrected chi connectivity index (χ2v) is 8.18. The van der Waals surface area contributed by atoms with E-state index < -0.39 is 16.2 Å². The molecule has 1 rings (SSSR count). The van der Waals surface area contributed by atoms with E-state index in [1.54, 1.807) is 0 Å². The van der Waals surface area contributed by atoms with Crippen LogP contribution in [-0.2, 0) is 10.1 Å². The van der Waals surface area contributed by atoms with Crippen molar-refractivity contribution >= 4 is 26.0 Å². The topological polar surface area (TPSA) is 74.6 Å². The molecular formula is C14H21BrO4S. The van der Waals surface area contributed by atoms with Crippen LogP contribution in [0.25, 0.3) is 0 Å². The summed E-state index contributed by atoms with van der Waals surface area (Å²) in [4.78, 5) is 0. The smallest absolute Gasteiger partial charge is 0.264 e. The molecule has 1 aromatic carbocycles. The lowest BCUT2D eigenvalue weighted by molar-refractivity contribution is 0.0414. The normalized spacial score (nSPS) is 14.2. The second-order valence-electron chi connectivity index (χ2n) is 5.69. The molecule has 1 aromatic rings. The van der Waals surface area contributed by atoms with Gasteiger partial charge in [0.05, 0.1) is 11.9 Å². The molecule has 0 aliphatic heterocycles. The first-order valence-electron chi connectivity index (χ1n) is 6.50. The molecule has 0 heterocycles. The Bertz CT molecular complexity index is 540. The van der Waals surface area contributed by atoms with Gasteiger partial charge in [0.15, 0.2) is 0 Å². The predicted octanol–water partition coefficient (Wildman–Crippen LogP) is 3.57. The number of rotatable bonds is 7. The van der Waals surface area contributed by atoms with Crippen LogP contribution in [-0.4, -0.2) is 23.8 Å². The zero-order chi connectivity index (χ0) is 15.4. The molecule has 4 nitrogen and oxygen atoms in total. The lowest BCUT2D eigenvalue weighted by Gasteiger charge is -2.31. The predicted molar refractivity (Wildman–Crippen MR) is 83.1 cm³/mol. The molecule has 0 aromatic heterocycles. The number of aliphatic hydroxyl groups is 1. The third kappa shape index (κ3) is 5.91. The van der Waals surface area contributed by atoms with Crippen LogP contribution in [0.2, 0.25) is 0 Å². The van der Waals surface area contributed by atoms with Gasteiger partial charge >= 0.3 is 0 Å². The van der Waals surface area contributed by atoms with Gasteiger partial charge < -0.3 is 5.11 Å². The van der Waals surface area contributed by atoms with E-state index in [9.17, 15) is 13.5 Å².